The van der Waals surface area contributed by atoms with Crippen molar-refractivity contribution in [3.63, 3.8) is 0 Å². The highest BCUT2D eigenvalue weighted by atomic mass is 32.2. The van der Waals surface area contributed by atoms with Gasteiger partial charge in [0.1, 0.15) is 10.6 Å². The van der Waals surface area contributed by atoms with Crippen molar-refractivity contribution in [2.45, 2.75) is 10.4 Å². The largest absolute Gasteiger partial charge is 0.506 e. The van der Waals surface area contributed by atoms with Crippen LogP contribution in [0.3, 0.4) is 0 Å². The maximum atomic E-state index is 12.4. The maximum absolute atomic E-state index is 12.4. The molecule has 0 atom stereocenters. The van der Waals surface area contributed by atoms with Crippen molar-refractivity contribution < 1.29 is 32.5 Å². The van der Waals surface area contributed by atoms with Crippen molar-refractivity contribution in [2.24, 2.45) is 0 Å². The van der Waals surface area contributed by atoms with Crippen molar-refractivity contribution in [3.05, 3.63) is 6.07 Å². The summed E-state index contributed by atoms with van der Waals surface area (Å²) in [6, 6.07) is 1.04. The molecule has 0 heterocycles. The van der Waals surface area contributed by atoms with Crippen LogP contribution in [0.5, 0.6) is 23.0 Å². The summed E-state index contributed by atoms with van der Waals surface area (Å²) in [6.45, 7) is 0. The fourth-order valence-electron chi connectivity index (χ4n) is 1.33. The first-order valence-electron chi connectivity index (χ1n) is 4.61. The summed E-state index contributed by atoms with van der Waals surface area (Å²) in [7, 11) is 3.74. The van der Waals surface area contributed by atoms with E-state index in [2.05, 4.69) is 0 Å². The number of methoxy groups -OCH3 is 3. The summed E-state index contributed by atoms with van der Waals surface area (Å²) in [5, 5.41) is 9.58. The molecule has 0 fully saturated rings. The fraction of sp³-hybridized carbons (Fsp3) is 0.400. The highest BCUT2D eigenvalue weighted by molar-refractivity contribution is 8.00. The molecule has 0 aromatic heterocycles. The van der Waals surface area contributed by atoms with E-state index >= 15 is 0 Å². The number of rotatable bonds is 4. The summed E-state index contributed by atoms with van der Waals surface area (Å²) < 4.78 is 51.8. The van der Waals surface area contributed by atoms with Crippen LogP contribution >= 0.6 is 11.8 Å². The lowest BCUT2D eigenvalue weighted by Gasteiger charge is -2.17. The molecule has 0 spiro atoms. The molecule has 0 amide bonds. The number of phenolic OH excluding ortho intramolecular Hbond substituents is 1. The zero-order valence-electron chi connectivity index (χ0n) is 9.79. The van der Waals surface area contributed by atoms with Crippen molar-refractivity contribution in [1.82, 2.24) is 0 Å². The lowest BCUT2D eigenvalue weighted by molar-refractivity contribution is -0.0329. The van der Waals surface area contributed by atoms with E-state index in [1.807, 2.05) is 0 Å². The molecular weight excluding hydrogens is 273 g/mol. The second-order valence-electron chi connectivity index (χ2n) is 3.04. The molecule has 102 valence electrons. The molecule has 1 aromatic carbocycles. The maximum Gasteiger partial charge on any atom is 0.446 e. The molecule has 0 radical (unpaired) electrons. The van der Waals surface area contributed by atoms with Crippen molar-refractivity contribution in [3.8, 4) is 23.0 Å². The van der Waals surface area contributed by atoms with Crippen molar-refractivity contribution in [2.75, 3.05) is 21.3 Å². The third-order valence-electron chi connectivity index (χ3n) is 1.98. The van der Waals surface area contributed by atoms with E-state index in [4.69, 9.17) is 14.2 Å². The number of hydrogen-bond acceptors (Lipinski definition) is 5. The molecule has 0 saturated heterocycles. The average molecular weight is 284 g/mol. The first-order valence-corrected chi connectivity index (χ1v) is 5.43. The quantitative estimate of drug-likeness (QED) is 0.861. The van der Waals surface area contributed by atoms with Gasteiger partial charge in [-0.05, 0) is 11.8 Å². The summed E-state index contributed by atoms with van der Waals surface area (Å²) in [5.74, 6) is -0.744. The van der Waals surface area contributed by atoms with E-state index in [1.54, 1.807) is 0 Å². The molecular formula is C10H11F3O4S. The third-order valence-corrected chi connectivity index (χ3v) is 2.81. The van der Waals surface area contributed by atoms with Crippen LogP contribution in [0.4, 0.5) is 13.2 Å². The Morgan fingerprint density at radius 1 is 1.06 bits per heavy atom. The number of halogens is 3. The second kappa shape index (κ2) is 5.47. The van der Waals surface area contributed by atoms with Gasteiger partial charge < -0.3 is 19.3 Å². The first kappa shape index (κ1) is 14.6. The highest BCUT2D eigenvalue weighted by Crippen LogP contribution is 2.52. The van der Waals surface area contributed by atoms with Gasteiger partial charge in [0.2, 0.25) is 5.75 Å². The van der Waals surface area contributed by atoms with Crippen LogP contribution in [0.2, 0.25) is 0 Å². The van der Waals surface area contributed by atoms with E-state index in [9.17, 15) is 18.3 Å². The molecule has 0 aliphatic rings. The van der Waals surface area contributed by atoms with E-state index in [1.165, 1.54) is 21.3 Å². The Morgan fingerprint density at radius 3 is 2.00 bits per heavy atom. The topological polar surface area (TPSA) is 47.9 Å². The molecule has 1 rings (SSSR count). The minimum absolute atomic E-state index is 0.00968. The molecule has 0 saturated carbocycles. The molecule has 0 aliphatic heterocycles. The Labute approximate surface area is 106 Å². The summed E-state index contributed by atoms with van der Waals surface area (Å²) in [4.78, 5) is -0.470. The molecule has 1 aromatic rings. The van der Waals surface area contributed by atoms with Gasteiger partial charge in [0, 0.05) is 6.07 Å². The molecule has 0 bridgehead atoms. The van der Waals surface area contributed by atoms with E-state index in [-0.39, 0.29) is 17.2 Å². The van der Waals surface area contributed by atoms with Gasteiger partial charge in [0.25, 0.3) is 0 Å². The van der Waals surface area contributed by atoms with Gasteiger partial charge >= 0.3 is 5.51 Å². The lowest BCUT2D eigenvalue weighted by Crippen LogP contribution is -2.02. The number of phenols is 1. The van der Waals surface area contributed by atoms with Crippen molar-refractivity contribution in [1.29, 1.82) is 0 Å². The zero-order chi connectivity index (χ0) is 13.9. The molecule has 0 unspecified atom stereocenters. The summed E-state index contributed by atoms with van der Waals surface area (Å²) >= 11 is -0.483. The molecule has 1 N–H and O–H groups in total. The van der Waals surface area contributed by atoms with Gasteiger partial charge in [0.15, 0.2) is 11.5 Å². The third kappa shape index (κ3) is 3.06. The molecule has 8 heteroatoms. The number of alkyl halides is 3. The van der Waals surface area contributed by atoms with Gasteiger partial charge in [-0.3, -0.25) is 0 Å². The van der Waals surface area contributed by atoms with Crippen LogP contribution < -0.4 is 14.2 Å². The van der Waals surface area contributed by atoms with E-state index < -0.39 is 27.9 Å². The smallest absolute Gasteiger partial charge is 0.446 e. The normalized spacial score (nSPS) is 11.2. The van der Waals surface area contributed by atoms with Gasteiger partial charge in [-0.1, -0.05) is 0 Å². The number of benzene rings is 1. The highest BCUT2D eigenvalue weighted by Gasteiger charge is 2.34. The number of aromatic hydroxyl groups is 1. The lowest BCUT2D eigenvalue weighted by atomic mass is 10.2. The van der Waals surface area contributed by atoms with Crippen LogP contribution in [-0.4, -0.2) is 31.9 Å². The second-order valence-corrected chi connectivity index (χ2v) is 4.12. The average Bonchev–Trinajstić information content (AvgIpc) is 2.29. The molecule has 4 nitrogen and oxygen atoms in total. The van der Waals surface area contributed by atoms with Crippen LogP contribution in [0.25, 0.3) is 0 Å². The summed E-state index contributed by atoms with van der Waals surface area (Å²) in [6.07, 6.45) is 0. The number of hydrogen-bond donors (Lipinski definition) is 1. The standard InChI is InChI=1S/C10H11F3O4S/c1-15-6-4-5(14)9(18-10(11,12)13)8(17-3)7(6)16-2/h4,14H,1-3H3. The predicted molar refractivity (Wildman–Crippen MR) is 59.7 cm³/mol. The van der Waals surface area contributed by atoms with Crippen LogP contribution in [0.1, 0.15) is 0 Å². The predicted octanol–water partition coefficient (Wildman–Crippen LogP) is 3.03. The first-order chi connectivity index (χ1) is 8.34. The van der Waals surface area contributed by atoms with Gasteiger partial charge in [-0.15, -0.1) is 0 Å². The van der Waals surface area contributed by atoms with Crippen LogP contribution in [-0.2, 0) is 0 Å². The van der Waals surface area contributed by atoms with Crippen molar-refractivity contribution >= 4 is 11.8 Å². The Morgan fingerprint density at radius 2 is 1.61 bits per heavy atom. The Bertz CT molecular complexity index is 434. The van der Waals surface area contributed by atoms with Gasteiger partial charge in [-0.2, -0.15) is 13.2 Å². The SMILES string of the molecule is COc1cc(O)c(SC(F)(F)F)c(OC)c1OC. The van der Waals surface area contributed by atoms with E-state index in [0.717, 1.165) is 6.07 Å². The Kier molecular flexibility index (Phi) is 4.44. The minimum Gasteiger partial charge on any atom is -0.506 e. The molecule has 18 heavy (non-hydrogen) atoms. The van der Waals surface area contributed by atoms with E-state index in [0.29, 0.717) is 0 Å². The monoisotopic (exact) mass is 284 g/mol. The summed E-state index contributed by atoms with van der Waals surface area (Å²) in [5.41, 5.74) is -4.55. The van der Waals surface area contributed by atoms with Gasteiger partial charge in [0.05, 0.1) is 21.3 Å². The fourth-order valence-corrected chi connectivity index (χ4v) is 1.99. The Hall–Kier alpha value is -1.44. The van der Waals surface area contributed by atoms with Gasteiger partial charge in [-0.25, -0.2) is 0 Å². The molecule has 0 aliphatic carbocycles. The number of thioether (sulfide) groups is 1. The Balaban J connectivity index is 3.41. The van der Waals surface area contributed by atoms with Crippen LogP contribution in [0.15, 0.2) is 11.0 Å². The number of ether oxygens (including phenoxy) is 3. The zero-order valence-corrected chi connectivity index (χ0v) is 10.6. The minimum atomic E-state index is -4.55. The van der Waals surface area contributed by atoms with Crippen LogP contribution in [0, 0.1) is 0 Å².